The highest BCUT2D eigenvalue weighted by atomic mass is 79.9. The molecule has 0 saturated heterocycles. The van der Waals surface area contributed by atoms with Gasteiger partial charge in [0.2, 0.25) is 5.75 Å². The zero-order chi connectivity index (χ0) is 21.0. The molecule has 3 rings (SSSR count). The van der Waals surface area contributed by atoms with Gasteiger partial charge in [0.05, 0.1) is 32.2 Å². The fourth-order valence-corrected chi connectivity index (χ4v) is 4.20. The molecule has 0 aliphatic rings. The van der Waals surface area contributed by atoms with Gasteiger partial charge in [-0.3, -0.25) is 4.79 Å². The van der Waals surface area contributed by atoms with E-state index >= 15 is 0 Å². The van der Waals surface area contributed by atoms with E-state index in [2.05, 4.69) is 21.2 Å². The van der Waals surface area contributed by atoms with Gasteiger partial charge < -0.3 is 19.5 Å². The van der Waals surface area contributed by atoms with Crippen LogP contribution in [0.3, 0.4) is 0 Å². The Kier molecular flexibility index (Phi) is 6.82. The third-order valence-corrected chi connectivity index (χ3v) is 6.16. The minimum atomic E-state index is -0.115. The summed E-state index contributed by atoms with van der Waals surface area (Å²) in [4.78, 5) is 14.3. The molecule has 0 aliphatic heterocycles. The van der Waals surface area contributed by atoms with E-state index in [0.29, 0.717) is 22.1 Å². The molecule has 1 heterocycles. The Labute approximate surface area is 182 Å². The van der Waals surface area contributed by atoms with E-state index in [1.807, 2.05) is 55.5 Å². The first-order valence-corrected chi connectivity index (χ1v) is 10.5. The maximum Gasteiger partial charge on any atom is 0.261 e. The van der Waals surface area contributed by atoms with Crippen LogP contribution in [0.25, 0.3) is 10.4 Å². The number of carbonyl (C=O) groups excluding carboxylic acids is 1. The van der Waals surface area contributed by atoms with E-state index in [1.54, 1.807) is 21.3 Å². The molecule has 1 atom stereocenters. The van der Waals surface area contributed by atoms with E-state index in [-0.39, 0.29) is 11.9 Å². The standard InChI is InChI=1S/C22H22BrNO4S/c1-13(14-5-7-15(23)8-6-14)24-22(25)19-12-11-18(29-19)16-9-10-17(26-2)21(28-4)20(16)27-3/h5-13H,1-4H3,(H,24,25). The average Bonchev–Trinajstić information content (AvgIpc) is 3.23. The molecule has 152 valence electrons. The summed E-state index contributed by atoms with van der Waals surface area (Å²) in [6.45, 7) is 1.97. The first-order valence-electron chi connectivity index (χ1n) is 8.94. The predicted molar refractivity (Wildman–Crippen MR) is 119 cm³/mol. The van der Waals surface area contributed by atoms with Crippen molar-refractivity contribution >= 4 is 33.2 Å². The molecule has 0 bridgehead atoms. The molecular formula is C22H22BrNO4S. The van der Waals surface area contributed by atoms with Gasteiger partial charge in [-0.05, 0) is 48.9 Å². The summed E-state index contributed by atoms with van der Waals surface area (Å²) >= 11 is 4.83. The van der Waals surface area contributed by atoms with E-state index in [0.717, 1.165) is 20.5 Å². The fourth-order valence-electron chi connectivity index (χ4n) is 3.00. The van der Waals surface area contributed by atoms with Crippen LogP contribution in [-0.2, 0) is 0 Å². The number of halogens is 1. The molecule has 1 amide bonds. The molecule has 5 nitrogen and oxygen atoms in total. The van der Waals surface area contributed by atoms with Crippen molar-refractivity contribution in [2.75, 3.05) is 21.3 Å². The van der Waals surface area contributed by atoms with Crippen molar-refractivity contribution in [1.82, 2.24) is 5.32 Å². The Morgan fingerprint density at radius 1 is 0.931 bits per heavy atom. The van der Waals surface area contributed by atoms with Crippen molar-refractivity contribution < 1.29 is 19.0 Å². The van der Waals surface area contributed by atoms with Crippen LogP contribution in [0, 0.1) is 0 Å². The number of hydrogen-bond acceptors (Lipinski definition) is 5. The van der Waals surface area contributed by atoms with E-state index in [9.17, 15) is 4.79 Å². The molecule has 0 fully saturated rings. The smallest absolute Gasteiger partial charge is 0.261 e. The highest BCUT2D eigenvalue weighted by molar-refractivity contribution is 9.10. The highest BCUT2D eigenvalue weighted by Gasteiger charge is 2.20. The molecule has 29 heavy (non-hydrogen) atoms. The number of thiophene rings is 1. The SMILES string of the molecule is COc1ccc(-c2ccc(C(=O)NC(C)c3ccc(Br)cc3)s2)c(OC)c1OC. The zero-order valence-corrected chi connectivity index (χ0v) is 19.0. The van der Waals surface area contributed by atoms with Crippen molar-refractivity contribution in [1.29, 1.82) is 0 Å². The third kappa shape index (κ3) is 4.57. The largest absolute Gasteiger partial charge is 0.493 e. The number of methoxy groups -OCH3 is 3. The van der Waals surface area contributed by atoms with Crippen LogP contribution < -0.4 is 19.5 Å². The Morgan fingerprint density at radius 3 is 2.24 bits per heavy atom. The molecule has 0 aliphatic carbocycles. The minimum Gasteiger partial charge on any atom is -0.493 e. The summed E-state index contributed by atoms with van der Waals surface area (Å²) < 4.78 is 17.4. The lowest BCUT2D eigenvalue weighted by atomic mass is 10.1. The molecule has 0 spiro atoms. The van der Waals surface area contributed by atoms with Crippen LogP contribution in [0.2, 0.25) is 0 Å². The van der Waals surface area contributed by atoms with Gasteiger partial charge in [-0.2, -0.15) is 0 Å². The van der Waals surface area contributed by atoms with Crippen molar-refractivity contribution in [3.63, 3.8) is 0 Å². The fraction of sp³-hybridized carbons (Fsp3) is 0.227. The van der Waals surface area contributed by atoms with E-state index < -0.39 is 0 Å². The lowest BCUT2D eigenvalue weighted by Gasteiger charge is -2.15. The summed E-state index contributed by atoms with van der Waals surface area (Å²) in [5.74, 6) is 1.57. The van der Waals surface area contributed by atoms with Crippen LogP contribution in [0.5, 0.6) is 17.2 Å². The van der Waals surface area contributed by atoms with Crippen molar-refractivity contribution in [3.8, 4) is 27.7 Å². The molecule has 1 aromatic heterocycles. The summed E-state index contributed by atoms with van der Waals surface area (Å²) in [6, 6.07) is 15.3. The van der Waals surface area contributed by atoms with Crippen LogP contribution in [0.1, 0.15) is 28.2 Å². The van der Waals surface area contributed by atoms with Crippen molar-refractivity contribution in [2.45, 2.75) is 13.0 Å². The Bertz CT molecular complexity index is 1000. The van der Waals surface area contributed by atoms with Gasteiger partial charge in [-0.15, -0.1) is 11.3 Å². The van der Waals surface area contributed by atoms with Gasteiger partial charge in [-0.1, -0.05) is 28.1 Å². The average molecular weight is 476 g/mol. The summed E-state index contributed by atoms with van der Waals surface area (Å²) in [6.07, 6.45) is 0. The molecule has 3 aromatic rings. The van der Waals surface area contributed by atoms with Crippen molar-refractivity contribution in [3.05, 3.63) is 63.4 Å². The normalized spacial score (nSPS) is 11.6. The Hall–Kier alpha value is -2.51. The lowest BCUT2D eigenvalue weighted by Crippen LogP contribution is -2.25. The van der Waals surface area contributed by atoms with Gasteiger partial charge in [-0.25, -0.2) is 0 Å². The first kappa shape index (κ1) is 21.2. The number of nitrogens with one attached hydrogen (secondary N) is 1. The van der Waals surface area contributed by atoms with Gasteiger partial charge >= 0.3 is 0 Å². The monoisotopic (exact) mass is 475 g/mol. The summed E-state index contributed by atoms with van der Waals surface area (Å²) in [5, 5.41) is 3.05. The second-order valence-electron chi connectivity index (χ2n) is 6.29. The second kappa shape index (κ2) is 9.33. The zero-order valence-electron chi connectivity index (χ0n) is 16.6. The predicted octanol–water partition coefficient (Wildman–Crippen LogP) is 5.69. The molecule has 2 aromatic carbocycles. The second-order valence-corrected chi connectivity index (χ2v) is 8.29. The van der Waals surface area contributed by atoms with Gasteiger partial charge in [0, 0.05) is 14.9 Å². The third-order valence-electron chi connectivity index (χ3n) is 4.52. The Morgan fingerprint density at radius 2 is 1.62 bits per heavy atom. The Balaban J connectivity index is 1.83. The van der Waals surface area contributed by atoms with Gasteiger partial charge in [0.15, 0.2) is 11.5 Å². The van der Waals surface area contributed by atoms with Crippen LogP contribution in [-0.4, -0.2) is 27.2 Å². The van der Waals surface area contributed by atoms with Crippen molar-refractivity contribution in [2.24, 2.45) is 0 Å². The van der Waals surface area contributed by atoms with Crippen LogP contribution in [0.4, 0.5) is 0 Å². The number of ether oxygens (including phenoxy) is 3. The molecule has 0 radical (unpaired) electrons. The van der Waals surface area contributed by atoms with Crippen LogP contribution >= 0.6 is 27.3 Å². The molecule has 7 heteroatoms. The summed E-state index contributed by atoms with van der Waals surface area (Å²) in [7, 11) is 4.74. The topological polar surface area (TPSA) is 56.8 Å². The highest BCUT2D eigenvalue weighted by Crippen LogP contribution is 2.45. The van der Waals surface area contributed by atoms with E-state index in [1.165, 1.54) is 11.3 Å². The number of amides is 1. The number of carbonyl (C=O) groups is 1. The first-order chi connectivity index (χ1) is 14.0. The maximum atomic E-state index is 12.7. The lowest BCUT2D eigenvalue weighted by molar-refractivity contribution is 0.0944. The molecule has 1 N–H and O–H groups in total. The minimum absolute atomic E-state index is 0.100. The summed E-state index contributed by atoms with van der Waals surface area (Å²) in [5.41, 5.74) is 1.88. The number of benzene rings is 2. The quantitative estimate of drug-likeness (QED) is 0.476. The van der Waals surface area contributed by atoms with Crippen LogP contribution in [0.15, 0.2) is 53.0 Å². The maximum absolute atomic E-state index is 12.7. The molecule has 0 saturated carbocycles. The number of hydrogen-bond donors (Lipinski definition) is 1. The number of rotatable bonds is 7. The van der Waals surface area contributed by atoms with E-state index in [4.69, 9.17) is 14.2 Å². The molecule has 1 unspecified atom stereocenters. The molecular weight excluding hydrogens is 454 g/mol. The van der Waals surface area contributed by atoms with Gasteiger partial charge in [0.1, 0.15) is 0 Å². The van der Waals surface area contributed by atoms with Gasteiger partial charge in [0.25, 0.3) is 5.91 Å².